The molecule has 5 nitrogen and oxygen atoms in total. The molecule has 1 amide bonds. The third kappa shape index (κ3) is 4.28. The highest BCUT2D eigenvalue weighted by atomic mass is 16.6. The van der Waals surface area contributed by atoms with Crippen LogP contribution in [-0.4, -0.2) is 18.8 Å². The van der Waals surface area contributed by atoms with Gasteiger partial charge in [0.15, 0.2) is 0 Å². The SMILES string of the molecule is COc1ccc(N(Cc2ccccc2)C(=O)OC(C)(C)C)o1. The van der Waals surface area contributed by atoms with Gasteiger partial charge in [-0.2, -0.15) is 0 Å². The topological polar surface area (TPSA) is 51.9 Å². The summed E-state index contributed by atoms with van der Waals surface area (Å²) < 4.78 is 16.0. The maximum absolute atomic E-state index is 12.5. The summed E-state index contributed by atoms with van der Waals surface area (Å²) in [6.45, 7) is 5.84. The van der Waals surface area contributed by atoms with Gasteiger partial charge in [-0.05, 0) is 26.3 Å². The van der Waals surface area contributed by atoms with Crippen molar-refractivity contribution < 1.29 is 18.7 Å². The number of carbonyl (C=O) groups is 1. The predicted octanol–water partition coefficient (Wildman–Crippen LogP) is 4.23. The summed E-state index contributed by atoms with van der Waals surface area (Å²) in [5.74, 6) is 0.728. The molecular weight excluding hydrogens is 282 g/mol. The van der Waals surface area contributed by atoms with Gasteiger partial charge in [0.2, 0.25) is 5.88 Å². The Morgan fingerprint density at radius 3 is 2.36 bits per heavy atom. The van der Waals surface area contributed by atoms with Gasteiger partial charge >= 0.3 is 6.09 Å². The van der Waals surface area contributed by atoms with Crippen LogP contribution in [0.2, 0.25) is 0 Å². The molecule has 1 aromatic heterocycles. The minimum absolute atomic E-state index is 0.344. The minimum atomic E-state index is -0.581. The molecule has 1 aromatic carbocycles. The molecule has 0 aliphatic rings. The van der Waals surface area contributed by atoms with Gasteiger partial charge in [0.25, 0.3) is 5.95 Å². The van der Waals surface area contributed by atoms with Crippen molar-refractivity contribution in [3.8, 4) is 5.95 Å². The zero-order valence-electron chi connectivity index (χ0n) is 13.3. The Kier molecular flexibility index (Phi) is 4.75. The van der Waals surface area contributed by atoms with E-state index in [2.05, 4.69) is 0 Å². The number of hydrogen-bond donors (Lipinski definition) is 0. The Labute approximate surface area is 130 Å². The van der Waals surface area contributed by atoms with Gasteiger partial charge in [-0.25, -0.2) is 9.69 Å². The normalized spacial score (nSPS) is 11.1. The van der Waals surface area contributed by atoms with Crippen LogP contribution in [0.4, 0.5) is 10.7 Å². The fraction of sp³-hybridized carbons (Fsp3) is 0.353. The molecule has 0 unspecified atom stereocenters. The molecule has 2 rings (SSSR count). The summed E-state index contributed by atoms with van der Waals surface area (Å²) >= 11 is 0. The molecule has 5 heteroatoms. The second-order valence-electron chi connectivity index (χ2n) is 5.85. The summed E-state index contributed by atoms with van der Waals surface area (Å²) in [7, 11) is 1.51. The van der Waals surface area contributed by atoms with E-state index in [9.17, 15) is 4.79 Å². The predicted molar refractivity (Wildman–Crippen MR) is 84.1 cm³/mol. The van der Waals surface area contributed by atoms with Crippen LogP contribution in [0.15, 0.2) is 46.9 Å². The zero-order valence-corrected chi connectivity index (χ0v) is 13.3. The lowest BCUT2D eigenvalue weighted by Crippen LogP contribution is -2.36. The second kappa shape index (κ2) is 6.56. The van der Waals surface area contributed by atoms with Crippen molar-refractivity contribution in [2.24, 2.45) is 0 Å². The van der Waals surface area contributed by atoms with Gasteiger partial charge in [-0.1, -0.05) is 30.3 Å². The van der Waals surface area contributed by atoms with Crippen LogP contribution in [0.25, 0.3) is 0 Å². The lowest BCUT2D eigenvalue weighted by atomic mass is 10.2. The fourth-order valence-corrected chi connectivity index (χ4v) is 1.88. The smallest absolute Gasteiger partial charge is 0.417 e. The van der Waals surface area contributed by atoms with E-state index in [1.165, 1.54) is 12.0 Å². The summed E-state index contributed by atoms with van der Waals surface area (Å²) in [4.78, 5) is 13.9. The van der Waals surface area contributed by atoms with Crippen LogP contribution < -0.4 is 9.64 Å². The van der Waals surface area contributed by atoms with E-state index in [1.807, 2.05) is 51.1 Å². The Bertz CT molecular complexity index is 613. The largest absolute Gasteiger partial charge is 0.468 e. The summed E-state index contributed by atoms with van der Waals surface area (Å²) in [6.07, 6.45) is -0.464. The molecule has 0 atom stereocenters. The molecule has 0 N–H and O–H groups in total. The first kappa shape index (κ1) is 15.9. The number of carbonyl (C=O) groups excluding carboxylic acids is 1. The third-order valence-corrected chi connectivity index (χ3v) is 2.83. The highest BCUT2D eigenvalue weighted by Crippen LogP contribution is 2.26. The molecule has 0 radical (unpaired) electrons. The van der Waals surface area contributed by atoms with E-state index in [0.717, 1.165) is 5.56 Å². The lowest BCUT2D eigenvalue weighted by molar-refractivity contribution is 0.0570. The van der Waals surface area contributed by atoms with Gasteiger partial charge in [0, 0.05) is 12.1 Å². The Balaban J connectivity index is 2.25. The zero-order chi connectivity index (χ0) is 16.2. The Morgan fingerprint density at radius 1 is 1.14 bits per heavy atom. The minimum Gasteiger partial charge on any atom is -0.468 e. The molecule has 0 saturated heterocycles. The molecule has 0 saturated carbocycles. The standard InChI is InChI=1S/C17H21NO4/c1-17(2,3)22-16(19)18(12-13-8-6-5-7-9-13)14-10-11-15(20-4)21-14/h5-11H,12H2,1-4H3. The first-order chi connectivity index (χ1) is 10.4. The molecule has 22 heavy (non-hydrogen) atoms. The highest BCUT2D eigenvalue weighted by molar-refractivity contribution is 5.86. The van der Waals surface area contributed by atoms with Gasteiger partial charge < -0.3 is 13.9 Å². The van der Waals surface area contributed by atoms with Crippen molar-refractivity contribution in [1.29, 1.82) is 0 Å². The number of anilines is 1. The van der Waals surface area contributed by atoms with Gasteiger partial charge in [-0.3, -0.25) is 0 Å². The van der Waals surface area contributed by atoms with Crippen molar-refractivity contribution in [3.05, 3.63) is 48.0 Å². The van der Waals surface area contributed by atoms with Crippen LogP contribution in [0, 0.1) is 0 Å². The van der Waals surface area contributed by atoms with Crippen LogP contribution >= 0.6 is 0 Å². The number of ether oxygens (including phenoxy) is 2. The van der Waals surface area contributed by atoms with E-state index >= 15 is 0 Å². The van der Waals surface area contributed by atoms with E-state index in [0.29, 0.717) is 18.4 Å². The molecule has 0 aliphatic heterocycles. The number of rotatable bonds is 4. The number of furan rings is 1. The van der Waals surface area contributed by atoms with Gasteiger partial charge in [-0.15, -0.1) is 0 Å². The van der Waals surface area contributed by atoms with E-state index in [-0.39, 0.29) is 0 Å². The maximum Gasteiger partial charge on any atom is 0.417 e. The lowest BCUT2D eigenvalue weighted by Gasteiger charge is -2.25. The van der Waals surface area contributed by atoms with Gasteiger partial charge in [0.05, 0.1) is 13.7 Å². The quantitative estimate of drug-likeness (QED) is 0.848. The van der Waals surface area contributed by atoms with E-state index < -0.39 is 11.7 Å². The molecule has 2 aromatic rings. The molecule has 0 spiro atoms. The molecule has 0 fully saturated rings. The van der Waals surface area contributed by atoms with Crippen LogP contribution in [0.1, 0.15) is 26.3 Å². The highest BCUT2D eigenvalue weighted by Gasteiger charge is 2.26. The average molecular weight is 303 g/mol. The molecule has 118 valence electrons. The van der Waals surface area contributed by atoms with Crippen LogP contribution in [0.5, 0.6) is 5.95 Å². The molecule has 0 aliphatic carbocycles. The van der Waals surface area contributed by atoms with Gasteiger partial charge in [0.1, 0.15) is 5.60 Å². The van der Waals surface area contributed by atoms with E-state index in [4.69, 9.17) is 13.9 Å². The Morgan fingerprint density at radius 2 is 1.82 bits per heavy atom. The van der Waals surface area contributed by atoms with Crippen molar-refractivity contribution in [2.75, 3.05) is 12.0 Å². The molecular formula is C17H21NO4. The summed E-state index contributed by atoms with van der Waals surface area (Å²) in [5, 5.41) is 0. The third-order valence-electron chi connectivity index (χ3n) is 2.83. The fourth-order valence-electron chi connectivity index (χ4n) is 1.88. The monoisotopic (exact) mass is 303 g/mol. The molecule has 0 bridgehead atoms. The van der Waals surface area contributed by atoms with Crippen molar-refractivity contribution in [2.45, 2.75) is 32.9 Å². The maximum atomic E-state index is 12.5. The number of methoxy groups -OCH3 is 1. The first-order valence-corrected chi connectivity index (χ1v) is 7.07. The van der Waals surface area contributed by atoms with E-state index in [1.54, 1.807) is 12.1 Å². The number of hydrogen-bond acceptors (Lipinski definition) is 4. The van der Waals surface area contributed by atoms with Crippen LogP contribution in [-0.2, 0) is 11.3 Å². The Hall–Kier alpha value is -2.43. The van der Waals surface area contributed by atoms with Crippen molar-refractivity contribution in [1.82, 2.24) is 0 Å². The van der Waals surface area contributed by atoms with Crippen molar-refractivity contribution in [3.63, 3.8) is 0 Å². The number of amides is 1. The average Bonchev–Trinajstić information content (AvgIpc) is 2.92. The van der Waals surface area contributed by atoms with Crippen molar-refractivity contribution >= 4 is 12.0 Å². The van der Waals surface area contributed by atoms with Crippen LogP contribution in [0.3, 0.4) is 0 Å². The summed E-state index contributed by atoms with van der Waals surface area (Å²) in [5.41, 5.74) is 0.395. The first-order valence-electron chi connectivity index (χ1n) is 7.07. The molecule has 1 heterocycles. The number of nitrogens with zero attached hydrogens (tertiary/aromatic N) is 1. The summed E-state index contributed by atoms with van der Waals surface area (Å²) in [6, 6.07) is 13.0. The number of benzene rings is 1. The second-order valence-corrected chi connectivity index (χ2v) is 5.85.